The summed E-state index contributed by atoms with van der Waals surface area (Å²) in [4.78, 5) is 26.0. The number of carbonyl (C=O) groups excluding carboxylic acids is 2. The summed E-state index contributed by atoms with van der Waals surface area (Å²) in [6, 6.07) is -0.442. The van der Waals surface area contributed by atoms with Crippen LogP contribution in [0.3, 0.4) is 0 Å². The Labute approximate surface area is 117 Å². The van der Waals surface area contributed by atoms with E-state index < -0.39 is 6.04 Å². The molecule has 0 heterocycles. The van der Waals surface area contributed by atoms with E-state index in [1.165, 1.54) is 4.90 Å². The number of nitrogens with zero attached hydrogens (tertiary/aromatic N) is 1. The molecule has 4 heteroatoms. The highest BCUT2D eigenvalue weighted by atomic mass is 16.2. The van der Waals surface area contributed by atoms with E-state index in [1.54, 1.807) is 14.1 Å². The zero-order chi connectivity index (χ0) is 15.3. The largest absolute Gasteiger partial charge is 0.347 e. The van der Waals surface area contributed by atoms with Gasteiger partial charge in [0.1, 0.15) is 6.04 Å². The average molecular weight is 270 g/mol. The number of hydrogen-bond acceptors (Lipinski definition) is 2. The van der Waals surface area contributed by atoms with Crippen molar-refractivity contribution in [1.82, 2.24) is 10.2 Å². The molecule has 0 fully saturated rings. The van der Waals surface area contributed by atoms with Crippen molar-refractivity contribution in [2.45, 2.75) is 47.6 Å². The van der Waals surface area contributed by atoms with Crippen LogP contribution in [-0.2, 0) is 9.59 Å². The molecule has 4 nitrogen and oxygen atoms in total. The number of likely N-dealkylation sites (N-methyl/N-ethyl adjacent to an activating group) is 1. The van der Waals surface area contributed by atoms with Crippen molar-refractivity contribution in [1.29, 1.82) is 0 Å². The van der Waals surface area contributed by atoms with Crippen molar-refractivity contribution >= 4 is 11.8 Å². The van der Waals surface area contributed by atoms with E-state index in [1.807, 2.05) is 41.5 Å². The lowest BCUT2D eigenvalue weighted by atomic mass is 9.84. The van der Waals surface area contributed by atoms with Gasteiger partial charge in [0.15, 0.2) is 0 Å². The molecule has 0 saturated heterocycles. The quantitative estimate of drug-likeness (QED) is 0.804. The highest BCUT2D eigenvalue weighted by Crippen LogP contribution is 2.21. The average Bonchev–Trinajstić information content (AvgIpc) is 2.23. The number of hydrogen-bond donors (Lipinski definition) is 1. The molecule has 1 N–H and O–H groups in total. The van der Waals surface area contributed by atoms with Gasteiger partial charge in [-0.05, 0) is 17.8 Å². The van der Waals surface area contributed by atoms with Gasteiger partial charge in [-0.15, -0.1) is 0 Å². The Morgan fingerprint density at radius 2 is 1.26 bits per heavy atom. The number of rotatable bonds is 6. The van der Waals surface area contributed by atoms with E-state index in [-0.39, 0.29) is 35.5 Å². The molecule has 0 spiro atoms. The Morgan fingerprint density at radius 3 is 1.53 bits per heavy atom. The Balaban J connectivity index is 4.95. The Hall–Kier alpha value is -1.06. The predicted octanol–water partition coefficient (Wildman–Crippen LogP) is 2.14. The second-order valence-electron chi connectivity index (χ2n) is 6.48. The van der Waals surface area contributed by atoms with Crippen LogP contribution >= 0.6 is 0 Å². The minimum absolute atomic E-state index is 0.0149. The fraction of sp³-hybridized carbons (Fsp3) is 0.867. The van der Waals surface area contributed by atoms with Crippen LogP contribution in [0, 0.1) is 23.7 Å². The number of nitrogens with one attached hydrogen (secondary N) is 1. The maximum Gasteiger partial charge on any atom is 0.244 e. The Kier molecular flexibility index (Phi) is 7.09. The van der Waals surface area contributed by atoms with Crippen molar-refractivity contribution in [2.24, 2.45) is 23.7 Å². The first-order valence-electron chi connectivity index (χ1n) is 7.11. The lowest BCUT2D eigenvalue weighted by Crippen LogP contribution is -2.52. The van der Waals surface area contributed by atoms with Gasteiger partial charge in [0.25, 0.3) is 0 Å². The summed E-state index contributed by atoms with van der Waals surface area (Å²) >= 11 is 0. The van der Waals surface area contributed by atoms with Gasteiger partial charge in [-0.3, -0.25) is 9.59 Å². The fourth-order valence-electron chi connectivity index (χ4n) is 2.42. The first-order valence-corrected chi connectivity index (χ1v) is 7.11. The maximum absolute atomic E-state index is 12.4. The topological polar surface area (TPSA) is 49.4 Å². The smallest absolute Gasteiger partial charge is 0.244 e. The Bertz CT molecular complexity index is 301. The summed E-state index contributed by atoms with van der Waals surface area (Å²) in [6.07, 6.45) is 0. The first-order chi connectivity index (χ1) is 8.59. The van der Waals surface area contributed by atoms with Gasteiger partial charge >= 0.3 is 0 Å². The fourth-order valence-corrected chi connectivity index (χ4v) is 2.42. The van der Waals surface area contributed by atoms with Gasteiger partial charge < -0.3 is 10.2 Å². The number of amides is 2. The standard InChI is InChI=1S/C15H30N2O2/c1-9(2)12(10(3)4)14(18)16-13(11(5)6)15(19)17(7)8/h9-13H,1-8H3,(H,16,18)/t13-/m0/s1. The van der Waals surface area contributed by atoms with Crippen LogP contribution in [0.4, 0.5) is 0 Å². The molecule has 19 heavy (non-hydrogen) atoms. The first kappa shape index (κ1) is 17.9. The van der Waals surface area contributed by atoms with Crippen molar-refractivity contribution < 1.29 is 9.59 Å². The lowest BCUT2D eigenvalue weighted by molar-refractivity contribution is -0.138. The summed E-state index contributed by atoms with van der Waals surface area (Å²) in [5.41, 5.74) is 0. The zero-order valence-corrected chi connectivity index (χ0v) is 13.7. The molecule has 0 aromatic carbocycles. The van der Waals surface area contributed by atoms with Crippen molar-refractivity contribution in [3.63, 3.8) is 0 Å². The lowest BCUT2D eigenvalue weighted by Gasteiger charge is -2.29. The van der Waals surface area contributed by atoms with Gasteiger partial charge in [0, 0.05) is 20.0 Å². The molecule has 0 aliphatic heterocycles. The highest BCUT2D eigenvalue weighted by molar-refractivity contribution is 5.88. The van der Waals surface area contributed by atoms with Crippen LogP contribution < -0.4 is 5.32 Å². The van der Waals surface area contributed by atoms with E-state index in [9.17, 15) is 9.59 Å². The third kappa shape index (κ3) is 5.21. The van der Waals surface area contributed by atoms with Crippen molar-refractivity contribution in [2.75, 3.05) is 14.1 Å². The van der Waals surface area contributed by atoms with Gasteiger partial charge in [-0.25, -0.2) is 0 Å². The van der Waals surface area contributed by atoms with Crippen LogP contribution in [0.1, 0.15) is 41.5 Å². The molecule has 0 radical (unpaired) electrons. The van der Waals surface area contributed by atoms with Crippen LogP contribution in [0.2, 0.25) is 0 Å². The molecule has 2 amide bonds. The summed E-state index contributed by atoms with van der Waals surface area (Å²) in [5, 5.41) is 2.93. The van der Waals surface area contributed by atoms with E-state index in [4.69, 9.17) is 0 Å². The third-order valence-corrected chi connectivity index (χ3v) is 3.41. The predicted molar refractivity (Wildman–Crippen MR) is 78.6 cm³/mol. The molecule has 0 rings (SSSR count). The van der Waals surface area contributed by atoms with Gasteiger partial charge in [-0.2, -0.15) is 0 Å². The molecule has 0 unspecified atom stereocenters. The SMILES string of the molecule is CC(C)C(C(=O)N[C@H](C(=O)N(C)C)C(C)C)C(C)C. The molecular formula is C15H30N2O2. The minimum atomic E-state index is -0.442. The van der Waals surface area contributed by atoms with Gasteiger partial charge in [-0.1, -0.05) is 41.5 Å². The third-order valence-electron chi connectivity index (χ3n) is 3.41. The molecule has 0 aliphatic carbocycles. The molecule has 0 aromatic heterocycles. The monoisotopic (exact) mass is 270 g/mol. The van der Waals surface area contributed by atoms with Crippen molar-refractivity contribution in [3.8, 4) is 0 Å². The van der Waals surface area contributed by atoms with E-state index >= 15 is 0 Å². The highest BCUT2D eigenvalue weighted by Gasteiger charge is 2.31. The summed E-state index contributed by atoms with van der Waals surface area (Å²) < 4.78 is 0. The molecule has 0 saturated carbocycles. The van der Waals surface area contributed by atoms with E-state index in [0.29, 0.717) is 0 Å². The second-order valence-corrected chi connectivity index (χ2v) is 6.48. The van der Waals surface area contributed by atoms with Crippen LogP contribution in [0.25, 0.3) is 0 Å². The molecule has 0 aliphatic rings. The molecular weight excluding hydrogens is 240 g/mol. The summed E-state index contributed by atoms with van der Waals surface area (Å²) in [7, 11) is 3.43. The molecule has 112 valence electrons. The Morgan fingerprint density at radius 1 is 0.842 bits per heavy atom. The second kappa shape index (κ2) is 7.51. The summed E-state index contributed by atoms with van der Waals surface area (Å²) in [6.45, 7) is 12.1. The van der Waals surface area contributed by atoms with Crippen molar-refractivity contribution in [3.05, 3.63) is 0 Å². The normalized spacial score (nSPS) is 13.3. The van der Waals surface area contributed by atoms with Gasteiger partial charge in [0.2, 0.25) is 11.8 Å². The number of carbonyl (C=O) groups is 2. The summed E-state index contributed by atoms with van der Waals surface area (Å²) in [5.74, 6) is 0.494. The van der Waals surface area contributed by atoms with Gasteiger partial charge in [0.05, 0.1) is 0 Å². The maximum atomic E-state index is 12.4. The van der Waals surface area contributed by atoms with E-state index in [0.717, 1.165) is 0 Å². The van der Waals surface area contributed by atoms with Crippen LogP contribution in [-0.4, -0.2) is 36.9 Å². The van der Waals surface area contributed by atoms with E-state index in [2.05, 4.69) is 5.32 Å². The molecule has 1 atom stereocenters. The van der Waals surface area contributed by atoms with Crippen LogP contribution in [0.15, 0.2) is 0 Å². The zero-order valence-electron chi connectivity index (χ0n) is 13.7. The molecule has 0 bridgehead atoms. The molecule has 0 aromatic rings. The minimum Gasteiger partial charge on any atom is -0.347 e. The van der Waals surface area contributed by atoms with Crippen LogP contribution in [0.5, 0.6) is 0 Å².